The molecular formula is C17H23N5O2. The van der Waals surface area contributed by atoms with Crippen molar-refractivity contribution in [3.63, 3.8) is 0 Å². The van der Waals surface area contributed by atoms with Crippen molar-refractivity contribution in [2.75, 3.05) is 24.7 Å². The monoisotopic (exact) mass is 329 g/mol. The van der Waals surface area contributed by atoms with Crippen LogP contribution in [0.3, 0.4) is 0 Å². The van der Waals surface area contributed by atoms with E-state index in [0.717, 1.165) is 13.0 Å². The molecule has 2 aromatic rings. The molecule has 0 amide bonds. The summed E-state index contributed by atoms with van der Waals surface area (Å²) in [6, 6.07) is 3.50. The van der Waals surface area contributed by atoms with Gasteiger partial charge >= 0.3 is 0 Å². The Morgan fingerprint density at radius 2 is 2.21 bits per heavy atom. The van der Waals surface area contributed by atoms with Crippen molar-refractivity contribution in [3.05, 3.63) is 35.0 Å². The van der Waals surface area contributed by atoms with Gasteiger partial charge in [0.15, 0.2) is 0 Å². The van der Waals surface area contributed by atoms with Gasteiger partial charge in [0.25, 0.3) is 5.56 Å². The van der Waals surface area contributed by atoms with Gasteiger partial charge in [-0.3, -0.25) is 9.36 Å². The Balaban J connectivity index is 2.02. The molecule has 128 valence electrons. The van der Waals surface area contributed by atoms with E-state index in [4.69, 9.17) is 9.72 Å². The van der Waals surface area contributed by atoms with Crippen molar-refractivity contribution >= 4 is 5.95 Å². The minimum atomic E-state index is -0.0941. The highest BCUT2D eigenvalue weighted by atomic mass is 16.5. The first-order chi connectivity index (χ1) is 11.6. The highest BCUT2D eigenvalue weighted by Gasteiger charge is 2.27. The highest BCUT2D eigenvalue weighted by Crippen LogP contribution is 2.23. The maximum Gasteiger partial charge on any atom is 0.255 e. The molecule has 0 N–H and O–H groups in total. The maximum atomic E-state index is 12.4. The number of hydrogen-bond acceptors (Lipinski definition) is 6. The van der Waals surface area contributed by atoms with Crippen LogP contribution in [0.1, 0.15) is 20.3 Å². The molecule has 1 saturated heterocycles. The average molecular weight is 329 g/mol. The summed E-state index contributed by atoms with van der Waals surface area (Å²) in [6.07, 6.45) is 4.11. The zero-order valence-corrected chi connectivity index (χ0v) is 14.3. The quantitative estimate of drug-likeness (QED) is 0.846. The topological polar surface area (TPSA) is 73.1 Å². The number of morpholine rings is 1. The lowest BCUT2D eigenvalue weighted by Crippen LogP contribution is -2.48. The first kappa shape index (κ1) is 16.6. The summed E-state index contributed by atoms with van der Waals surface area (Å²) in [5.41, 5.74) is 1.13. The molecular weight excluding hydrogens is 306 g/mol. The second-order valence-electron chi connectivity index (χ2n) is 6.48. The summed E-state index contributed by atoms with van der Waals surface area (Å²) >= 11 is 0. The van der Waals surface area contributed by atoms with Gasteiger partial charge in [-0.2, -0.15) is 0 Å². The van der Waals surface area contributed by atoms with Crippen LogP contribution in [0.15, 0.2) is 29.5 Å². The van der Waals surface area contributed by atoms with E-state index in [-0.39, 0.29) is 11.6 Å². The first-order valence-electron chi connectivity index (χ1n) is 8.25. The Morgan fingerprint density at radius 1 is 1.38 bits per heavy atom. The van der Waals surface area contributed by atoms with E-state index in [2.05, 4.69) is 28.7 Å². The van der Waals surface area contributed by atoms with Crippen LogP contribution < -0.4 is 10.5 Å². The molecule has 1 aliphatic rings. The van der Waals surface area contributed by atoms with E-state index in [9.17, 15) is 4.79 Å². The zero-order valence-electron chi connectivity index (χ0n) is 14.3. The van der Waals surface area contributed by atoms with E-state index in [1.54, 1.807) is 23.9 Å². The average Bonchev–Trinajstić information content (AvgIpc) is 2.58. The molecule has 0 spiro atoms. The third kappa shape index (κ3) is 3.46. The second-order valence-corrected chi connectivity index (χ2v) is 6.48. The SMILES string of the molecule is CC(C)C[C@@H]1COCCN1c1nc(-c2ccncn2)cc(=O)n1C. The first-order valence-corrected chi connectivity index (χ1v) is 8.25. The normalized spacial score (nSPS) is 18.2. The largest absolute Gasteiger partial charge is 0.377 e. The minimum Gasteiger partial charge on any atom is -0.377 e. The number of rotatable bonds is 4. The standard InChI is InChI=1S/C17H23N5O2/c1-12(2)8-13-10-24-7-6-22(13)17-20-15(9-16(23)21(17)3)14-4-5-18-11-19-14/h4-5,9,11-13H,6-8,10H2,1-3H3/t13-/m1/s1. The van der Waals surface area contributed by atoms with Gasteiger partial charge in [-0.05, 0) is 18.4 Å². The molecule has 1 aliphatic heterocycles. The van der Waals surface area contributed by atoms with Gasteiger partial charge in [-0.15, -0.1) is 0 Å². The third-order valence-electron chi connectivity index (χ3n) is 4.18. The highest BCUT2D eigenvalue weighted by molar-refractivity contribution is 5.55. The molecule has 3 heterocycles. The van der Waals surface area contributed by atoms with E-state index in [1.807, 2.05) is 0 Å². The summed E-state index contributed by atoms with van der Waals surface area (Å²) in [5, 5.41) is 0. The van der Waals surface area contributed by atoms with Crippen LogP contribution in [-0.4, -0.2) is 45.3 Å². The van der Waals surface area contributed by atoms with Crippen molar-refractivity contribution in [2.24, 2.45) is 13.0 Å². The van der Waals surface area contributed by atoms with Crippen LogP contribution >= 0.6 is 0 Å². The summed E-state index contributed by atoms with van der Waals surface area (Å²) in [7, 11) is 1.76. The predicted molar refractivity (Wildman–Crippen MR) is 91.9 cm³/mol. The van der Waals surface area contributed by atoms with E-state index >= 15 is 0 Å². The van der Waals surface area contributed by atoms with Crippen LogP contribution in [0.5, 0.6) is 0 Å². The molecule has 7 heteroatoms. The van der Waals surface area contributed by atoms with Crippen LogP contribution in [-0.2, 0) is 11.8 Å². The molecule has 0 radical (unpaired) electrons. The summed E-state index contributed by atoms with van der Waals surface area (Å²) in [5.74, 6) is 1.21. The molecule has 2 aromatic heterocycles. The fourth-order valence-electron chi connectivity index (χ4n) is 3.02. The molecule has 1 fully saturated rings. The molecule has 7 nitrogen and oxygen atoms in total. The smallest absolute Gasteiger partial charge is 0.255 e. The van der Waals surface area contributed by atoms with Crippen LogP contribution in [0.2, 0.25) is 0 Å². The van der Waals surface area contributed by atoms with Crippen LogP contribution in [0.25, 0.3) is 11.4 Å². The zero-order chi connectivity index (χ0) is 17.1. The molecule has 1 atom stereocenters. The Labute approximate surface area is 141 Å². The van der Waals surface area contributed by atoms with Gasteiger partial charge in [-0.1, -0.05) is 13.8 Å². The lowest BCUT2D eigenvalue weighted by Gasteiger charge is -2.38. The number of anilines is 1. The van der Waals surface area contributed by atoms with Gasteiger partial charge < -0.3 is 9.64 Å². The number of aromatic nitrogens is 4. The number of hydrogen-bond donors (Lipinski definition) is 0. The molecule has 24 heavy (non-hydrogen) atoms. The van der Waals surface area contributed by atoms with Crippen molar-refractivity contribution in [3.8, 4) is 11.4 Å². The number of nitrogens with zero attached hydrogens (tertiary/aromatic N) is 5. The number of ether oxygens (including phenoxy) is 1. The molecule has 0 unspecified atom stereocenters. The Morgan fingerprint density at radius 3 is 2.92 bits per heavy atom. The van der Waals surface area contributed by atoms with Gasteiger partial charge in [0.05, 0.1) is 30.6 Å². The maximum absolute atomic E-state index is 12.4. The summed E-state index contributed by atoms with van der Waals surface area (Å²) in [6.45, 7) is 6.41. The fourth-order valence-corrected chi connectivity index (χ4v) is 3.02. The van der Waals surface area contributed by atoms with Crippen molar-refractivity contribution < 1.29 is 4.74 Å². The van der Waals surface area contributed by atoms with E-state index < -0.39 is 0 Å². The van der Waals surface area contributed by atoms with Crippen molar-refractivity contribution in [1.82, 2.24) is 19.5 Å². The van der Waals surface area contributed by atoms with Gasteiger partial charge in [0.2, 0.25) is 5.95 Å². The lowest BCUT2D eigenvalue weighted by molar-refractivity contribution is 0.0864. The van der Waals surface area contributed by atoms with Gasteiger partial charge in [0, 0.05) is 25.9 Å². The molecule has 0 aromatic carbocycles. The Kier molecular flexibility index (Phi) is 4.89. The lowest BCUT2D eigenvalue weighted by atomic mass is 10.0. The fraction of sp³-hybridized carbons (Fsp3) is 0.529. The molecule has 0 bridgehead atoms. The van der Waals surface area contributed by atoms with Gasteiger partial charge in [-0.25, -0.2) is 15.0 Å². The summed E-state index contributed by atoms with van der Waals surface area (Å²) in [4.78, 5) is 27.5. The second kappa shape index (κ2) is 7.09. The third-order valence-corrected chi connectivity index (χ3v) is 4.18. The van der Waals surface area contributed by atoms with Crippen LogP contribution in [0.4, 0.5) is 5.95 Å². The van der Waals surface area contributed by atoms with E-state index in [0.29, 0.717) is 36.5 Å². The molecule has 0 saturated carbocycles. The molecule has 0 aliphatic carbocycles. The van der Waals surface area contributed by atoms with Crippen LogP contribution in [0, 0.1) is 5.92 Å². The summed E-state index contributed by atoms with van der Waals surface area (Å²) < 4.78 is 7.24. The van der Waals surface area contributed by atoms with Crippen molar-refractivity contribution in [1.29, 1.82) is 0 Å². The minimum absolute atomic E-state index is 0.0941. The Hall–Kier alpha value is -2.28. The van der Waals surface area contributed by atoms with E-state index in [1.165, 1.54) is 12.4 Å². The van der Waals surface area contributed by atoms with Gasteiger partial charge in [0.1, 0.15) is 6.33 Å². The van der Waals surface area contributed by atoms with Crippen molar-refractivity contribution in [2.45, 2.75) is 26.3 Å². The predicted octanol–water partition coefficient (Wildman–Crippen LogP) is 1.49. The Bertz CT molecular complexity index is 744. The molecule has 3 rings (SSSR count).